The Balaban J connectivity index is 2.42. The molecule has 0 spiro atoms. The van der Waals surface area contributed by atoms with Gasteiger partial charge in [-0.3, -0.25) is 13.9 Å². The van der Waals surface area contributed by atoms with Crippen molar-refractivity contribution in [3.63, 3.8) is 0 Å². The molecule has 0 unspecified atom stereocenters. The fourth-order valence-corrected chi connectivity index (χ4v) is 2.02. The first-order chi connectivity index (χ1) is 9.13. The summed E-state index contributed by atoms with van der Waals surface area (Å²) in [6, 6.07) is 3.55. The maximum Gasteiger partial charge on any atom is 0.331 e. The number of aryl methyl sites for hydroxylation is 1. The summed E-state index contributed by atoms with van der Waals surface area (Å²) in [4.78, 5) is 24.1. The van der Waals surface area contributed by atoms with Gasteiger partial charge in [-0.25, -0.2) is 4.79 Å². The van der Waals surface area contributed by atoms with Crippen LogP contribution in [-0.2, 0) is 13.1 Å². The third-order valence-electron chi connectivity index (χ3n) is 2.83. The molecule has 0 fully saturated rings. The van der Waals surface area contributed by atoms with E-state index in [1.807, 2.05) is 0 Å². The fraction of sp³-hybridized carbons (Fsp3) is 0.385. The van der Waals surface area contributed by atoms with Gasteiger partial charge in [-0.05, 0) is 25.5 Å². The fourth-order valence-electron chi connectivity index (χ4n) is 1.90. The van der Waals surface area contributed by atoms with E-state index in [1.54, 1.807) is 31.5 Å². The molecule has 0 aliphatic carbocycles. The van der Waals surface area contributed by atoms with Crippen LogP contribution in [0.3, 0.4) is 0 Å². The minimum absolute atomic E-state index is 0.259. The molecule has 5 nitrogen and oxygen atoms in total. The van der Waals surface area contributed by atoms with Gasteiger partial charge in [-0.2, -0.15) is 0 Å². The highest BCUT2D eigenvalue weighted by Gasteiger charge is 2.09. The molecule has 0 radical (unpaired) electrons. The van der Waals surface area contributed by atoms with Crippen LogP contribution in [-0.4, -0.2) is 15.0 Å². The van der Waals surface area contributed by atoms with Crippen molar-refractivity contribution in [3.8, 4) is 0 Å². The van der Waals surface area contributed by atoms with Crippen LogP contribution in [0.15, 0.2) is 38.6 Å². The van der Waals surface area contributed by atoms with E-state index in [-0.39, 0.29) is 11.2 Å². The van der Waals surface area contributed by atoms with Crippen LogP contribution < -0.4 is 11.2 Å². The number of halogens is 1. The molecule has 0 saturated carbocycles. The predicted octanol–water partition coefficient (Wildman–Crippen LogP) is 1.59. The van der Waals surface area contributed by atoms with Gasteiger partial charge in [0, 0.05) is 24.2 Å². The Bertz CT molecular complexity index is 656. The number of nitrogens with zero attached hydrogens (tertiary/aromatic N) is 2. The second-order valence-corrected chi connectivity index (χ2v) is 4.68. The Morgan fingerprint density at radius 2 is 2.16 bits per heavy atom. The maximum absolute atomic E-state index is 12.2. The maximum atomic E-state index is 12.2. The zero-order valence-electron chi connectivity index (χ0n) is 10.6. The summed E-state index contributed by atoms with van der Waals surface area (Å²) in [5.74, 6) is 1.09. The minimum atomic E-state index is -0.336. The summed E-state index contributed by atoms with van der Waals surface area (Å²) in [6.45, 7) is 2.34. The van der Waals surface area contributed by atoms with E-state index in [0.717, 1.165) is 0 Å². The van der Waals surface area contributed by atoms with Crippen molar-refractivity contribution in [1.29, 1.82) is 0 Å². The normalized spacial score (nSPS) is 10.8. The van der Waals surface area contributed by atoms with Crippen molar-refractivity contribution >= 4 is 11.6 Å². The van der Waals surface area contributed by atoms with Crippen LogP contribution in [0.1, 0.15) is 17.7 Å². The van der Waals surface area contributed by atoms with E-state index < -0.39 is 0 Å². The Hall–Kier alpha value is -1.75. The highest BCUT2D eigenvalue weighted by atomic mass is 35.5. The first-order valence-corrected chi connectivity index (χ1v) is 6.56. The van der Waals surface area contributed by atoms with Crippen LogP contribution in [0, 0.1) is 6.92 Å². The number of hydrogen-bond acceptors (Lipinski definition) is 3. The molecule has 6 heteroatoms. The van der Waals surface area contributed by atoms with Gasteiger partial charge in [-0.15, -0.1) is 11.6 Å². The Labute approximate surface area is 115 Å². The van der Waals surface area contributed by atoms with Crippen molar-refractivity contribution in [1.82, 2.24) is 9.13 Å². The van der Waals surface area contributed by atoms with Crippen LogP contribution in [0.5, 0.6) is 0 Å². The van der Waals surface area contributed by atoms with E-state index in [0.29, 0.717) is 36.7 Å². The first kappa shape index (κ1) is 13.7. The largest absolute Gasteiger partial charge is 0.467 e. The third kappa shape index (κ3) is 2.98. The van der Waals surface area contributed by atoms with Gasteiger partial charge in [0.1, 0.15) is 5.76 Å². The summed E-state index contributed by atoms with van der Waals surface area (Å²) >= 11 is 5.61. The highest BCUT2D eigenvalue weighted by Crippen LogP contribution is 2.02. The van der Waals surface area contributed by atoms with Crippen LogP contribution in [0.25, 0.3) is 0 Å². The molecule has 102 valence electrons. The molecule has 0 bridgehead atoms. The monoisotopic (exact) mass is 282 g/mol. The zero-order valence-corrected chi connectivity index (χ0v) is 11.4. The SMILES string of the molecule is Cc1cn(Cc2ccco2)c(=O)n(CCCCl)c1=O. The Morgan fingerprint density at radius 3 is 2.79 bits per heavy atom. The molecule has 0 aromatic carbocycles. The summed E-state index contributed by atoms with van der Waals surface area (Å²) < 4.78 is 7.91. The molecular formula is C13H15ClN2O3. The van der Waals surface area contributed by atoms with Gasteiger partial charge in [-0.1, -0.05) is 0 Å². The van der Waals surface area contributed by atoms with Gasteiger partial charge >= 0.3 is 5.69 Å². The second-order valence-electron chi connectivity index (χ2n) is 4.30. The van der Waals surface area contributed by atoms with E-state index in [4.69, 9.17) is 16.0 Å². The molecule has 0 N–H and O–H groups in total. The van der Waals surface area contributed by atoms with Crippen molar-refractivity contribution in [2.24, 2.45) is 0 Å². The van der Waals surface area contributed by atoms with Crippen LogP contribution >= 0.6 is 11.6 Å². The summed E-state index contributed by atoms with van der Waals surface area (Å²) in [5, 5.41) is 0. The lowest BCUT2D eigenvalue weighted by Crippen LogP contribution is -2.40. The molecule has 0 saturated heterocycles. The van der Waals surface area contributed by atoms with Crippen molar-refractivity contribution < 1.29 is 4.42 Å². The molecule has 19 heavy (non-hydrogen) atoms. The van der Waals surface area contributed by atoms with Crippen LogP contribution in [0.4, 0.5) is 0 Å². The second kappa shape index (κ2) is 5.93. The average Bonchev–Trinajstić information content (AvgIpc) is 2.89. The molecule has 2 aromatic heterocycles. The van der Waals surface area contributed by atoms with Gasteiger partial charge in [0.2, 0.25) is 0 Å². The van der Waals surface area contributed by atoms with Gasteiger partial charge in [0.15, 0.2) is 0 Å². The van der Waals surface area contributed by atoms with E-state index in [2.05, 4.69) is 0 Å². The molecule has 0 amide bonds. The Morgan fingerprint density at radius 1 is 1.37 bits per heavy atom. The van der Waals surface area contributed by atoms with Gasteiger partial charge < -0.3 is 4.42 Å². The molecule has 2 rings (SSSR count). The number of alkyl halides is 1. The van der Waals surface area contributed by atoms with Gasteiger partial charge in [0.25, 0.3) is 5.56 Å². The topological polar surface area (TPSA) is 57.1 Å². The van der Waals surface area contributed by atoms with E-state index >= 15 is 0 Å². The lowest BCUT2D eigenvalue weighted by atomic mass is 10.3. The molecule has 0 aliphatic heterocycles. The zero-order chi connectivity index (χ0) is 13.8. The molecule has 0 atom stereocenters. The summed E-state index contributed by atoms with van der Waals surface area (Å²) in [7, 11) is 0. The summed E-state index contributed by atoms with van der Waals surface area (Å²) in [5.41, 5.74) is -0.0661. The first-order valence-electron chi connectivity index (χ1n) is 6.02. The predicted molar refractivity (Wildman–Crippen MR) is 72.8 cm³/mol. The quantitative estimate of drug-likeness (QED) is 0.783. The number of aromatic nitrogens is 2. The van der Waals surface area contributed by atoms with Crippen molar-refractivity contribution in [3.05, 3.63) is 56.8 Å². The molecular weight excluding hydrogens is 268 g/mol. The minimum Gasteiger partial charge on any atom is -0.467 e. The van der Waals surface area contributed by atoms with Crippen molar-refractivity contribution in [2.75, 3.05) is 5.88 Å². The Kier molecular flexibility index (Phi) is 4.27. The lowest BCUT2D eigenvalue weighted by Gasteiger charge is -2.10. The van der Waals surface area contributed by atoms with Gasteiger partial charge in [0.05, 0.1) is 12.8 Å². The molecule has 2 heterocycles. The smallest absolute Gasteiger partial charge is 0.331 e. The molecule has 2 aromatic rings. The third-order valence-corrected chi connectivity index (χ3v) is 3.10. The molecule has 0 aliphatic rings. The number of hydrogen-bond donors (Lipinski definition) is 0. The highest BCUT2D eigenvalue weighted by molar-refractivity contribution is 6.17. The van der Waals surface area contributed by atoms with Crippen LogP contribution in [0.2, 0.25) is 0 Å². The van der Waals surface area contributed by atoms with Crippen molar-refractivity contribution in [2.45, 2.75) is 26.4 Å². The average molecular weight is 283 g/mol. The van der Waals surface area contributed by atoms with E-state index in [9.17, 15) is 9.59 Å². The lowest BCUT2D eigenvalue weighted by molar-refractivity contribution is 0.474. The number of furan rings is 1. The van der Waals surface area contributed by atoms with E-state index in [1.165, 1.54) is 9.13 Å². The summed E-state index contributed by atoms with van der Waals surface area (Å²) in [6.07, 6.45) is 3.70. The standard InChI is InChI=1S/C13H15ClN2O3/c1-10-8-15(9-11-4-2-7-19-11)13(18)16(12(10)17)6-3-5-14/h2,4,7-8H,3,5-6,9H2,1H3. The number of rotatable bonds is 5.